The molecule has 4 rings (SSSR count). The highest BCUT2D eigenvalue weighted by Crippen LogP contribution is 2.44. The third-order valence-electron chi connectivity index (χ3n) is 5.42. The zero-order valence-electron chi connectivity index (χ0n) is 16.9. The fourth-order valence-corrected chi connectivity index (χ4v) is 3.72. The quantitative estimate of drug-likeness (QED) is 0.498. The van der Waals surface area contributed by atoms with Gasteiger partial charge in [0.25, 0.3) is 5.91 Å². The Bertz CT molecular complexity index is 1120. The molecule has 0 saturated heterocycles. The van der Waals surface area contributed by atoms with E-state index >= 15 is 0 Å². The van der Waals surface area contributed by atoms with Crippen LogP contribution in [0.2, 0.25) is 0 Å². The van der Waals surface area contributed by atoms with Gasteiger partial charge in [0.1, 0.15) is 11.4 Å². The van der Waals surface area contributed by atoms with Crippen LogP contribution in [0.15, 0.2) is 60.8 Å². The number of nitrogens with zero attached hydrogens (tertiary/aromatic N) is 2. The maximum atomic E-state index is 13.7. The molecule has 2 N–H and O–H groups in total. The predicted octanol–water partition coefficient (Wildman–Crippen LogP) is 5.49. The predicted molar refractivity (Wildman–Crippen MR) is 107 cm³/mol. The van der Waals surface area contributed by atoms with Crippen LogP contribution in [0.4, 0.5) is 32.2 Å². The minimum Gasteiger partial charge on any atom is -0.363 e. The molecule has 0 aliphatic carbocycles. The molecule has 0 saturated carbocycles. The lowest BCUT2D eigenvalue weighted by atomic mass is 9.96. The van der Waals surface area contributed by atoms with Gasteiger partial charge in [0, 0.05) is 13.0 Å². The number of hydrogen-bond acceptors (Lipinski definition) is 3. The van der Waals surface area contributed by atoms with Gasteiger partial charge in [0.05, 0.1) is 17.8 Å². The van der Waals surface area contributed by atoms with Gasteiger partial charge in [-0.3, -0.25) is 4.79 Å². The van der Waals surface area contributed by atoms with E-state index in [4.69, 9.17) is 0 Å². The molecule has 0 bridgehead atoms. The topological polar surface area (TPSA) is 59.0 Å². The molecule has 3 aromatic rings. The Morgan fingerprint density at radius 2 is 1.70 bits per heavy atom. The number of nitrogens with one attached hydrogen (secondary N) is 2. The van der Waals surface area contributed by atoms with Gasteiger partial charge in [-0.15, -0.1) is 0 Å². The van der Waals surface area contributed by atoms with Crippen molar-refractivity contribution in [1.82, 2.24) is 15.1 Å². The summed E-state index contributed by atoms with van der Waals surface area (Å²) in [6.07, 6.45) is -8.30. The molecule has 1 amide bonds. The van der Waals surface area contributed by atoms with Crippen LogP contribution in [0.1, 0.15) is 45.6 Å². The SMILES string of the molecule is O=C(NCc1ccc(C(F)(F)F)cc1)c1cnn2c1NC(c1ccccc1)CC2C(F)(F)F. The number of amides is 1. The molecule has 33 heavy (non-hydrogen) atoms. The summed E-state index contributed by atoms with van der Waals surface area (Å²) in [4.78, 5) is 12.7. The van der Waals surface area contributed by atoms with Crippen LogP contribution in [0.3, 0.4) is 0 Å². The first-order valence-corrected chi connectivity index (χ1v) is 9.94. The molecule has 1 aromatic heterocycles. The van der Waals surface area contributed by atoms with E-state index in [2.05, 4.69) is 15.7 Å². The summed E-state index contributed by atoms with van der Waals surface area (Å²) in [7, 11) is 0. The minimum atomic E-state index is -4.58. The molecule has 1 aliphatic heterocycles. The van der Waals surface area contributed by atoms with Crippen molar-refractivity contribution in [1.29, 1.82) is 0 Å². The molecule has 1 aliphatic rings. The second-order valence-corrected chi connectivity index (χ2v) is 7.63. The molecule has 5 nitrogen and oxygen atoms in total. The van der Waals surface area contributed by atoms with Gasteiger partial charge in [-0.2, -0.15) is 31.4 Å². The Labute approximate surface area is 184 Å². The standard InChI is InChI=1S/C22H18F6N4O/c23-21(24,25)15-8-6-13(7-9-15)11-29-20(33)16-12-30-32-18(22(26,27)28)10-17(31-19(16)32)14-4-2-1-3-5-14/h1-9,12,17-18,31H,10-11H2,(H,29,33). The van der Waals surface area contributed by atoms with Crippen molar-refractivity contribution in [2.45, 2.75) is 37.4 Å². The van der Waals surface area contributed by atoms with Crippen molar-refractivity contribution in [2.75, 3.05) is 5.32 Å². The Morgan fingerprint density at radius 3 is 2.30 bits per heavy atom. The summed E-state index contributed by atoms with van der Waals surface area (Å²) >= 11 is 0. The van der Waals surface area contributed by atoms with Crippen molar-refractivity contribution in [3.05, 3.63) is 83.0 Å². The fraction of sp³-hybridized carbons (Fsp3) is 0.273. The second kappa shape index (κ2) is 8.45. The Morgan fingerprint density at radius 1 is 1.03 bits per heavy atom. The number of carbonyl (C=O) groups is 1. The van der Waals surface area contributed by atoms with Crippen molar-refractivity contribution < 1.29 is 31.1 Å². The molecule has 11 heteroatoms. The average molecular weight is 468 g/mol. The van der Waals surface area contributed by atoms with Crippen molar-refractivity contribution in [2.24, 2.45) is 0 Å². The first-order valence-electron chi connectivity index (χ1n) is 9.94. The van der Waals surface area contributed by atoms with Gasteiger partial charge in [0.2, 0.25) is 0 Å². The van der Waals surface area contributed by atoms with Gasteiger partial charge in [-0.05, 0) is 23.3 Å². The number of fused-ring (bicyclic) bond motifs is 1. The number of benzene rings is 2. The van der Waals surface area contributed by atoms with Crippen LogP contribution in [0.25, 0.3) is 0 Å². The van der Waals surface area contributed by atoms with Crippen molar-refractivity contribution in [3.8, 4) is 0 Å². The van der Waals surface area contributed by atoms with Gasteiger partial charge < -0.3 is 10.6 Å². The van der Waals surface area contributed by atoms with Gasteiger partial charge in [0.15, 0.2) is 6.04 Å². The van der Waals surface area contributed by atoms with Crippen LogP contribution >= 0.6 is 0 Å². The molecular weight excluding hydrogens is 450 g/mol. The van der Waals surface area contributed by atoms with E-state index in [-0.39, 0.29) is 24.3 Å². The highest BCUT2D eigenvalue weighted by Gasteiger charge is 2.47. The van der Waals surface area contributed by atoms with E-state index in [1.54, 1.807) is 30.3 Å². The first kappa shape index (κ1) is 22.7. The highest BCUT2D eigenvalue weighted by molar-refractivity contribution is 5.98. The number of aromatic nitrogens is 2. The maximum absolute atomic E-state index is 13.7. The highest BCUT2D eigenvalue weighted by atomic mass is 19.4. The number of anilines is 1. The lowest BCUT2D eigenvalue weighted by molar-refractivity contribution is -0.173. The van der Waals surface area contributed by atoms with Crippen LogP contribution in [-0.2, 0) is 12.7 Å². The summed E-state index contributed by atoms with van der Waals surface area (Å²) in [6.45, 7) is -0.105. The fourth-order valence-electron chi connectivity index (χ4n) is 3.72. The van der Waals surface area contributed by atoms with E-state index in [0.717, 1.165) is 23.0 Å². The van der Waals surface area contributed by atoms with E-state index in [0.29, 0.717) is 11.1 Å². The molecule has 2 atom stereocenters. The Hall–Kier alpha value is -3.50. The van der Waals surface area contributed by atoms with E-state index in [1.807, 2.05) is 0 Å². The van der Waals surface area contributed by atoms with E-state index < -0.39 is 35.9 Å². The summed E-state index contributed by atoms with van der Waals surface area (Å²) < 4.78 is 80.0. The lowest BCUT2D eigenvalue weighted by Crippen LogP contribution is -2.36. The largest absolute Gasteiger partial charge is 0.416 e. The van der Waals surface area contributed by atoms with Crippen LogP contribution in [0.5, 0.6) is 0 Å². The Kier molecular flexibility index (Phi) is 5.81. The molecule has 0 fully saturated rings. The number of hydrogen-bond donors (Lipinski definition) is 2. The Balaban J connectivity index is 1.55. The number of halogens is 6. The number of rotatable bonds is 4. The third-order valence-corrected chi connectivity index (χ3v) is 5.42. The van der Waals surface area contributed by atoms with Gasteiger partial charge in [-0.25, -0.2) is 4.68 Å². The molecule has 2 aromatic carbocycles. The van der Waals surface area contributed by atoms with Crippen LogP contribution in [0, 0.1) is 0 Å². The van der Waals surface area contributed by atoms with Crippen LogP contribution in [-0.4, -0.2) is 21.9 Å². The minimum absolute atomic E-state index is 0.0673. The van der Waals surface area contributed by atoms with E-state index in [9.17, 15) is 31.1 Å². The molecule has 174 valence electrons. The second-order valence-electron chi connectivity index (χ2n) is 7.63. The summed E-state index contributed by atoms with van der Waals surface area (Å²) in [6, 6.07) is 10.2. The zero-order chi connectivity index (χ0) is 23.8. The van der Waals surface area contributed by atoms with Gasteiger partial charge >= 0.3 is 12.4 Å². The number of alkyl halides is 6. The van der Waals surface area contributed by atoms with Crippen molar-refractivity contribution >= 4 is 11.7 Å². The summed E-state index contributed by atoms with van der Waals surface area (Å²) in [5.74, 6) is -0.763. The lowest BCUT2D eigenvalue weighted by Gasteiger charge is -2.34. The normalized spacial score (nSPS) is 18.4. The molecule has 2 unspecified atom stereocenters. The molecule has 2 heterocycles. The smallest absolute Gasteiger partial charge is 0.363 e. The third kappa shape index (κ3) is 4.81. The van der Waals surface area contributed by atoms with Crippen LogP contribution < -0.4 is 10.6 Å². The van der Waals surface area contributed by atoms with E-state index in [1.165, 1.54) is 12.1 Å². The monoisotopic (exact) mass is 468 g/mol. The number of carbonyl (C=O) groups excluding carboxylic acids is 1. The summed E-state index contributed by atoms with van der Waals surface area (Å²) in [5, 5.41) is 9.30. The maximum Gasteiger partial charge on any atom is 0.416 e. The van der Waals surface area contributed by atoms with Crippen molar-refractivity contribution in [3.63, 3.8) is 0 Å². The molecule has 0 radical (unpaired) electrons. The van der Waals surface area contributed by atoms with Gasteiger partial charge in [-0.1, -0.05) is 42.5 Å². The zero-order valence-corrected chi connectivity index (χ0v) is 16.9. The molecule has 0 spiro atoms. The summed E-state index contributed by atoms with van der Waals surface area (Å²) in [5.41, 5.74) is 0.130. The first-order chi connectivity index (χ1) is 15.5. The average Bonchev–Trinajstić information content (AvgIpc) is 3.20. The molecular formula is C22H18F6N4O.